The predicted octanol–water partition coefficient (Wildman–Crippen LogP) is 7.03. The highest BCUT2D eigenvalue weighted by atomic mass is 32.1. The second kappa shape index (κ2) is 17.4. The monoisotopic (exact) mass is 860 g/mol. The molecule has 3 fully saturated rings. The zero-order valence-electron chi connectivity index (χ0n) is 35.1. The average Bonchev–Trinajstić information content (AvgIpc) is 3.61. The number of nitrogens with one attached hydrogen (secondary N) is 3. The molecule has 2 aliphatic carbocycles. The third-order valence-corrected chi connectivity index (χ3v) is 15.2. The number of rotatable bonds is 15. The van der Waals surface area contributed by atoms with Crippen molar-refractivity contribution in [3.8, 4) is 22.9 Å². The smallest absolute Gasteiger partial charge is 0.407 e. The number of hydrogen-bond donors (Lipinski definition) is 5. The molecule has 2 unspecified atom stereocenters. The summed E-state index contributed by atoms with van der Waals surface area (Å²) in [6.45, 7) is 13.7. The number of alkyl carbamates (subject to hydrolysis) is 1. The fourth-order valence-electron chi connectivity index (χ4n) is 8.40. The van der Waals surface area contributed by atoms with Crippen LogP contribution in [-0.2, 0) is 14.1 Å². The highest BCUT2D eigenvalue weighted by molar-refractivity contribution is 7.68. The van der Waals surface area contributed by atoms with Crippen LogP contribution in [0.5, 0.6) is 11.5 Å². The molecule has 0 bridgehead atoms. The summed E-state index contributed by atoms with van der Waals surface area (Å²) < 4.78 is 32.5. The van der Waals surface area contributed by atoms with E-state index in [1.54, 1.807) is 48.4 Å². The minimum Gasteiger partial charge on any atom is -0.497 e. The van der Waals surface area contributed by atoms with E-state index in [1.165, 1.54) is 11.3 Å². The number of hydrogen-bond acceptors (Lipinski definition) is 12. The number of methoxy groups -OCH3 is 1. The van der Waals surface area contributed by atoms with Gasteiger partial charge in [-0.1, -0.05) is 45.0 Å². The molecule has 322 valence electrons. The van der Waals surface area contributed by atoms with Crippen molar-refractivity contribution in [1.82, 2.24) is 25.5 Å². The number of ether oxygens (including phenoxy) is 3. The van der Waals surface area contributed by atoms with Crippen molar-refractivity contribution in [2.24, 2.45) is 11.3 Å². The Morgan fingerprint density at radius 3 is 2.45 bits per heavy atom. The highest BCUT2D eigenvalue weighted by Gasteiger charge is 2.66. The number of aliphatic hydroxyl groups is 1. The summed E-state index contributed by atoms with van der Waals surface area (Å²) in [4.78, 5) is 51.1. The van der Waals surface area contributed by atoms with E-state index in [0.717, 1.165) is 30.8 Å². The molecule has 7 atom stereocenters. The fourth-order valence-corrected chi connectivity index (χ4v) is 11.6. The molecular weight excluding hydrogens is 804 g/mol. The number of fused-ring (bicyclic) bond motifs is 1. The second-order valence-corrected chi connectivity index (χ2v) is 20.8. The van der Waals surface area contributed by atoms with Gasteiger partial charge in [0.2, 0.25) is 5.91 Å². The first-order chi connectivity index (χ1) is 28.5. The van der Waals surface area contributed by atoms with Gasteiger partial charge in [0, 0.05) is 53.1 Å². The lowest BCUT2D eigenvalue weighted by Gasteiger charge is -2.40. The van der Waals surface area contributed by atoms with Crippen molar-refractivity contribution in [3.05, 3.63) is 72.6 Å². The summed E-state index contributed by atoms with van der Waals surface area (Å²) in [5.41, 5.74) is 1.15. The molecule has 4 aromatic rings. The molecule has 60 heavy (non-hydrogen) atoms. The number of carbonyl (C=O) groups is 2. The summed E-state index contributed by atoms with van der Waals surface area (Å²) in [7, 11) is -2.60. The van der Waals surface area contributed by atoms with Crippen LogP contribution in [-0.4, -0.2) is 92.4 Å². The van der Waals surface area contributed by atoms with E-state index in [9.17, 15) is 24.2 Å². The number of aromatic nitrogens is 2. The molecule has 3 aliphatic rings. The summed E-state index contributed by atoms with van der Waals surface area (Å²) in [6, 6.07) is 13.9. The van der Waals surface area contributed by atoms with E-state index < -0.39 is 60.4 Å². The van der Waals surface area contributed by atoms with Crippen LogP contribution in [0.25, 0.3) is 22.3 Å². The van der Waals surface area contributed by atoms with Gasteiger partial charge in [-0.25, -0.2) is 14.8 Å². The quantitative estimate of drug-likeness (QED) is 0.0609. The van der Waals surface area contributed by atoms with Crippen LogP contribution in [0.1, 0.15) is 73.1 Å². The molecule has 2 saturated carbocycles. The van der Waals surface area contributed by atoms with Crippen molar-refractivity contribution in [2.75, 3.05) is 19.0 Å². The lowest BCUT2D eigenvalue weighted by Crippen LogP contribution is -2.61. The highest BCUT2D eigenvalue weighted by Crippen LogP contribution is 2.68. The predicted molar refractivity (Wildman–Crippen MR) is 234 cm³/mol. The minimum atomic E-state index is -4.19. The summed E-state index contributed by atoms with van der Waals surface area (Å²) in [6.07, 6.45) is 2.58. The third-order valence-electron chi connectivity index (χ3n) is 11.7. The topological polar surface area (TPSA) is 184 Å². The Morgan fingerprint density at radius 2 is 1.80 bits per heavy atom. The number of benzene rings is 2. The molecule has 2 aromatic carbocycles. The number of nitrogens with zero attached hydrogens (tertiary/aromatic N) is 3. The Labute approximate surface area is 355 Å². The van der Waals surface area contributed by atoms with Crippen LogP contribution in [0.3, 0.4) is 0 Å². The largest absolute Gasteiger partial charge is 0.497 e. The maximum atomic E-state index is 14.7. The van der Waals surface area contributed by atoms with Crippen LogP contribution in [0.2, 0.25) is 0 Å². The molecule has 0 spiro atoms. The lowest BCUT2D eigenvalue weighted by molar-refractivity contribution is -0.132. The van der Waals surface area contributed by atoms with Crippen molar-refractivity contribution in [1.29, 1.82) is 0 Å². The average molecular weight is 861 g/mol. The first-order valence-corrected chi connectivity index (χ1v) is 23.2. The SMILES string of the molecule is C=C[C@@H]1C[C@]1(NC(=O)[C@@H]1C[C@@H](Oc2cc(-c3csc(NC(C)C)n3)nc3cc(OC)ccc23)CN1C(O)[C@@H](NC(=O)OC1CCCC1)C(C)(C)C)P(=O)(O)c1ccccc1. The van der Waals surface area contributed by atoms with E-state index in [4.69, 9.17) is 24.2 Å². The number of amides is 2. The number of thiazole rings is 1. The van der Waals surface area contributed by atoms with Crippen LogP contribution < -0.4 is 30.7 Å². The van der Waals surface area contributed by atoms with Crippen molar-refractivity contribution in [2.45, 2.75) is 115 Å². The maximum absolute atomic E-state index is 14.7. The van der Waals surface area contributed by atoms with Gasteiger partial charge in [-0.05, 0) is 75.6 Å². The van der Waals surface area contributed by atoms with Crippen molar-refractivity contribution in [3.63, 3.8) is 0 Å². The number of pyridine rings is 1. The molecular formula is C44H57N6O8PS. The van der Waals surface area contributed by atoms with Crippen LogP contribution in [0, 0.1) is 11.3 Å². The van der Waals surface area contributed by atoms with E-state index >= 15 is 0 Å². The van der Waals surface area contributed by atoms with Gasteiger partial charge >= 0.3 is 6.09 Å². The number of anilines is 1. The molecule has 1 saturated heterocycles. The number of carbonyl (C=O) groups excluding carboxylic acids is 2. The van der Waals surface area contributed by atoms with E-state index in [0.29, 0.717) is 33.8 Å². The molecule has 14 nitrogen and oxygen atoms in total. The van der Waals surface area contributed by atoms with E-state index in [-0.39, 0.29) is 36.8 Å². The number of likely N-dealkylation sites (tertiary alicyclic amines) is 1. The van der Waals surface area contributed by atoms with Gasteiger partial charge in [-0.15, -0.1) is 17.9 Å². The standard InChI is InChI=1S/C44H57N6O8PS/c1-8-27-23-44(27,59(54,55)31-16-10-9-11-17-31)49-39(51)36-21-30(24-50(36)40(52)38(43(4,5)6)48-42(53)58-28-14-12-13-15-28)57-37-22-34(35-25-60-41(47-35)45-26(2)3)46-33-20-29(56-7)18-19-32(33)37/h8-11,16-20,22,25-28,30,36,38,40,52H,1,12-15,21,23-24H2,2-7H3,(H,45,47)(H,48,53)(H,49,51)(H,54,55)/t27-,30-,36+,38-,40?,44+/m1/s1. The summed E-state index contributed by atoms with van der Waals surface area (Å²) in [5.74, 6) is 0.0957. The van der Waals surface area contributed by atoms with Crippen LogP contribution >= 0.6 is 18.7 Å². The molecule has 2 amide bonds. The Bertz CT molecular complexity index is 2240. The number of aliphatic hydroxyl groups excluding tert-OH is 1. The fraction of sp³-hybridized carbons (Fsp3) is 0.500. The van der Waals surface area contributed by atoms with Gasteiger partial charge in [0.1, 0.15) is 40.9 Å². The normalized spacial score (nSPS) is 24.1. The van der Waals surface area contributed by atoms with Crippen molar-refractivity contribution >= 4 is 52.0 Å². The van der Waals surface area contributed by atoms with Gasteiger partial charge < -0.3 is 40.2 Å². The lowest BCUT2D eigenvalue weighted by atomic mass is 9.85. The first kappa shape index (κ1) is 43.6. The summed E-state index contributed by atoms with van der Waals surface area (Å²) >= 11 is 1.47. The zero-order valence-corrected chi connectivity index (χ0v) is 36.8. The van der Waals surface area contributed by atoms with E-state index in [1.807, 2.05) is 64.3 Å². The molecule has 5 N–H and O–H groups in total. The maximum Gasteiger partial charge on any atom is 0.407 e. The Morgan fingerprint density at radius 1 is 1.07 bits per heavy atom. The van der Waals surface area contributed by atoms with Gasteiger partial charge in [0.15, 0.2) is 5.13 Å². The van der Waals surface area contributed by atoms with Crippen molar-refractivity contribution < 1.29 is 38.4 Å². The Hall–Kier alpha value is -4.53. The molecule has 0 radical (unpaired) electrons. The molecule has 7 rings (SSSR count). The zero-order chi connectivity index (χ0) is 43.0. The first-order valence-electron chi connectivity index (χ1n) is 20.6. The van der Waals surface area contributed by atoms with Gasteiger partial charge in [-0.3, -0.25) is 14.3 Å². The van der Waals surface area contributed by atoms with Gasteiger partial charge in [0.25, 0.3) is 7.37 Å². The Kier molecular flexibility index (Phi) is 12.7. The van der Waals surface area contributed by atoms with Gasteiger partial charge in [-0.2, -0.15) is 0 Å². The van der Waals surface area contributed by atoms with E-state index in [2.05, 4.69) is 22.5 Å². The second-order valence-electron chi connectivity index (χ2n) is 17.5. The minimum absolute atomic E-state index is 0.0764. The molecule has 1 aliphatic heterocycles. The molecule has 3 heterocycles. The van der Waals surface area contributed by atoms with Crippen LogP contribution in [0.15, 0.2) is 72.6 Å². The van der Waals surface area contributed by atoms with Gasteiger partial charge in [0.05, 0.1) is 30.4 Å². The summed E-state index contributed by atoms with van der Waals surface area (Å²) in [5, 5.41) is 23.7. The Balaban J connectivity index is 1.23. The third kappa shape index (κ3) is 9.06. The van der Waals surface area contributed by atoms with Crippen LogP contribution in [0.4, 0.5) is 9.93 Å². The molecule has 2 aromatic heterocycles. The molecule has 16 heteroatoms.